The third-order valence-corrected chi connectivity index (χ3v) is 3.80. The second-order valence-corrected chi connectivity index (χ2v) is 5.80. The van der Waals surface area contributed by atoms with Crippen LogP contribution in [0.2, 0.25) is 0 Å². The van der Waals surface area contributed by atoms with Crippen molar-refractivity contribution in [3.8, 4) is 5.75 Å². The van der Waals surface area contributed by atoms with Crippen LogP contribution in [-0.2, 0) is 11.3 Å². The molecule has 2 aromatic carbocycles. The molecule has 23 heavy (non-hydrogen) atoms. The number of nitrogens with one attached hydrogen (secondary N) is 1. The molecule has 1 heterocycles. The second kappa shape index (κ2) is 6.60. The van der Waals surface area contributed by atoms with Gasteiger partial charge in [-0.1, -0.05) is 30.3 Å². The first-order valence-electron chi connectivity index (χ1n) is 7.73. The number of fused-ring (bicyclic) bond motifs is 1. The number of nitrogen functional groups attached to an aromatic ring is 1. The highest BCUT2D eigenvalue weighted by molar-refractivity contribution is 5.82. The summed E-state index contributed by atoms with van der Waals surface area (Å²) >= 11 is 0. The molecule has 3 rings (SSSR count). The van der Waals surface area contributed by atoms with Crippen LogP contribution in [0.25, 0.3) is 0 Å². The Balaban J connectivity index is 1.64. The number of carbonyl (C=O) groups excluding carboxylic acids is 1. The lowest BCUT2D eigenvalue weighted by atomic mass is 10.2. The average Bonchev–Trinajstić information content (AvgIpc) is 2.53. The van der Waals surface area contributed by atoms with Gasteiger partial charge in [-0.05, 0) is 24.6 Å². The molecule has 1 aliphatic rings. The predicted octanol–water partition coefficient (Wildman–Crippen LogP) is 2.17. The van der Waals surface area contributed by atoms with Crippen molar-refractivity contribution in [2.24, 2.45) is 0 Å². The number of rotatable bonds is 4. The minimum Gasteiger partial charge on any atom is -0.487 e. The minimum atomic E-state index is -0.00859. The molecule has 0 saturated heterocycles. The summed E-state index contributed by atoms with van der Waals surface area (Å²) in [6, 6.07) is 15.4. The number of hydrogen-bond donors (Lipinski definition) is 2. The lowest BCUT2D eigenvalue weighted by molar-refractivity contribution is -0.120. The Morgan fingerprint density at radius 2 is 2.09 bits per heavy atom. The zero-order chi connectivity index (χ0) is 16.2. The van der Waals surface area contributed by atoms with Crippen molar-refractivity contribution in [2.75, 3.05) is 23.7 Å². The quantitative estimate of drug-likeness (QED) is 0.849. The van der Waals surface area contributed by atoms with Crippen molar-refractivity contribution < 1.29 is 9.53 Å². The van der Waals surface area contributed by atoms with Gasteiger partial charge in [-0.3, -0.25) is 4.79 Å². The number of amides is 1. The van der Waals surface area contributed by atoms with E-state index in [4.69, 9.17) is 10.5 Å². The van der Waals surface area contributed by atoms with E-state index < -0.39 is 0 Å². The molecule has 2 aromatic rings. The van der Waals surface area contributed by atoms with Gasteiger partial charge in [0, 0.05) is 18.3 Å². The maximum absolute atomic E-state index is 12.2. The van der Waals surface area contributed by atoms with E-state index in [0.717, 1.165) is 17.0 Å². The molecule has 0 aliphatic carbocycles. The lowest BCUT2D eigenvalue weighted by Gasteiger charge is -2.34. The van der Waals surface area contributed by atoms with Crippen LogP contribution in [0.5, 0.6) is 5.75 Å². The number of hydrogen-bond acceptors (Lipinski definition) is 4. The molecule has 0 bridgehead atoms. The summed E-state index contributed by atoms with van der Waals surface area (Å²) in [5.74, 6) is 0.727. The minimum absolute atomic E-state index is 0.00859. The van der Waals surface area contributed by atoms with Gasteiger partial charge in [-0.25, -0.2) is 0 Å². The molecule has 0 fully saturated rings. The Labute approximate surface area is 136 Å². The van der Waals surface area contributed by atoms with Gasteiger partial charge in [0.05, 0.1) is 18.8 Å². The van der Waals surface area contributed by atoms with Crippen LogP contribution < -0.4 is 20.7 Å². The van der Waals surface area contributed by atoms with Crippen molar-refractivity contribution in [3.63, 3.8) is 0 Å². The van der Waals surface area contributed by atoms with Crippen LogP contribution >= 0.6 is 0 Å². The highest BCUT2D eigenvalue weighted by Gasteiger charge is 2.24. The molecular formula is C18H21N3O2. The van der Waals surface area contributed by atoms with Gasteiger partial charge in [-0.15, -0.1) is 0 Å². The first kappa shape index (κ1) is 15.2. The van der Waals surface area contributed by atoms with Crippen LogP contribution in [0.4, 0.5) is 11.4 Å². The van der Waals surface area contributed by atoms with Crippen LogP contribution in [-0.4, -0.2) is 25.1 Å². The molecular weight excluding hydrogens is 290 g/mol. The maximum atomic E-state index is 12.2. The van der Waals surface area contributed by atoms with Crippen molar-refractivity contribution in [1.29, 1.82) is 0 Å². The van der Waals surface area contributed by atoms with Gasteiger partial charge in [0.1, 0.15) is 11.9 Å². The normalized spacial score (nSPS) is 16.4. The molecule has 1 aliphatic heterocycles. The van der Waals surface area contributed by atoms with E-state index in [1.807, 2.05) is 54.3 Å². The molecule has 0 radical (unpaired) electrons. The Hall–Kier alpha value is -2.69. The van der Waals surface area contributed by atoms with Gasteiger partial charge in [0.15, 0.2) is 0 Å². The van der Waals surface area contributed by atoms with Crippen LogP contribution in [0.15, 0.2) is 48.5 Å². The van der Waals surface area contributed by atoms with Crippen molar-refractivity contribution in [3.05, 3.63) is 54.1 Å². The standard InChI is InChI=1S/C18H21N3O2/c1-13-11-21(16-8-7-15(19)9-17(16)23-13)12-18(22)20-10-14-5-3-2-4-6-14/h2-9,13H,10-12,19H2,1H3,(H,20,22). The zero-order valence-electron chi connectivity index (χ0n) is 13.2. The number of anilines is 2. The van der Waals surface area contributed by atoms with E-state index in [1.54, 1.807) is 6.07 Å². The summed E-state index contributed by atoms with van der Waals surface area (Å²) in [6.45, 7) is 3.50. The van der Waals surface area contributed by atoms with E-state index >= 15 is 0 Å². The molecule has 5 heteroatoms. The molecule has 5 nitrogen and oxygen atoms in total. The first-order valence-corrected chi connectivity index (χ1v) is 7.73. The molecule has 1 atom stereocenters. The Morgan fingerprint density at radius 1 is 1.30 bits per heavy atom. The van der Waals surface area contributed by atoms with Gasteiger partial charge in [0.25, 0.3) is 0 Å². The topological polar surface area (TPSA) is 67.6 Å². The summed E-state index contributed by atoms with van der Waals surface area (Å²) < 4.78 is 5.80. The average molecular weight is 311 g/mol. The second-order valence-electron chi connectivity index (χ2n) is 5.80. The summed E-state index contributed by atoms with van der Waals surface area (Å²) in [7, 11) is 0. The van der Waals surface area contributed by atoms with E-state index in [0.29, 0.717) is 25.3 Å². The van der Waals surface area contributed by atoms with Crippen LogP contribution in [0, 0.1) is 0 Å². The van der Waals surface area contributed by atoms with Crippen LogP contribution in [0.1, 0.15) is 12.5 Å². The molecule has 1 amide bonds. The lowest BCUT2D eigenvalue weighted by Crippen LogP contribution is -2.44. The fourth-order valence-corrected chi connectivity index (χ4v) is 2.72. The van der Waals surface area contributed by atoms with Crippen molar-refractivity contribution in [1.82, 2.24) is 5.32 Å². The summed E-state index contributed by atoms with van der Waals surface area (Å²) in [6.07, 6.45) is 0.0197. The van der Waals surface area contributed by atoms with Crippen molar-refractivity contribution in [2.45, 2.75) is 19.6 Å². The summed E-state index contributed by atoms with van der Waals surface area (Å²) in [5, 5.41) is 2.96. The fourth-order valence-electron chi connectivity index (χ4n) is 2.72. The van der Waals surface area contributed by atoms with Gasteiger partial charge < -0.3 is 20.7 Å². The first-order chi connectivity index (χ1) is 11.1. The van der Waals surface area contributed by atoms with Gasteiger partial charge >= 0.3 is 0 Å². The summed E-state index contributed by atoms with van der Waals surface area (Å²) in [4.78, 5) is 14.3. The number of carbonyl (C=O) groups is 1. The molecule has 1 unspecified atom stereocenters. The number of benzene rings is 2. The fraction of sp³-hybridized carbons (Fsp3) is 0.278. The van der Waals surface area contributed by atoms with E-state index in [1.165, 1.54) is 0 Å². The van der Waals surface area contributed by atoms with Crippen LogP contribution in [0.3, 0.4) is 0 Å². The van der Waals surface area contributed by atoms with Gasteiger partial charge in [0.2, 0.25) is 5.91 Å². The maximum Gasteiger partial charge on any atom is 0.239 e. The number of nitrogens with two attached hydrogens (primary N) is 1. The molecule has 120 valence electrons. The Bertz CT molecular complexity index is 688. The Morgan fingerprint density at radius 3 is 2.87 bits per heavy atom. The SMILES string of the molecule is CC1CN(CC(=O)NCc2ccccc2)c2ccc(N)cc2O1. The third-order valence-electron chi connectivity index (χ3n) is 3.80. The molecule has 0 spiro atoms. The largest absolute Gasteiger partial charge is 0.487 e. The summed E-state index contributed by atoms with van der Waals surface area (Å²) in [5.41, 5.74) is 8.46. The third kappa shape index (κ3) is 3.74. The smallest absolute Gasteiger partial charge is 0.239 e. The highest BCUT2D eigenvalue weighted by Crippen LogP contribution is 2.34. The van der Waals surface area contributed by atoms with Gasteiger partial charge in [-0.2, -0.15) is 0 Å². The predicted molar refractivity (Wildman–Crippen MR) is 91.4 cm³/mol. The number of ether oxygens (including phenoxy) is 1. The molecule has 0 saturated carbocycles. The van der Waals surface area contributed by atoms with Crippen molar-refractivity contribution >= 4 is 17.3 Å². The highest BCUT2D eigenvalue weighted by atomic mass is 16.5. The number of nitrogens with zero attached hydrogens (tertiary/aromatic N) is 1. The monoisotopic (exact) mass is 311 g/mol. The zero-order valence-corrected chi connectivity index (χ0v) is 13.2. The Kier molecular flexibility index (Phi) is 4.37. The van der Waals surface area contributed by atoms with E-state index in [-0.39, 0.29) is 12.0 Å². The molecule has 3 N–H and O–H groups in total. The van der Waals surface area contributed by atoms with E-state index in [2.05, 4.69) is 5.32 Å². The van der Waals surface area contributed by atoms with E-state index in [9.17, 15) is 4.79 Å². The molecule has 0 aromatic heterocycles.